The SMILES string of the molecule is Cc1cccc(NC2CCC(C)(C)CC2C)c1. The molecule has 1 N–H and O–H groups in total. The lowest BCUT2D eigenvalue weighted by Gasteiger charge is -2.40. The molecule has 1 aliphatic carbocycles. The molecule has 94 valence electrons. The molecule has 1 nitrogen and oxygen atoms in total. The summed E-state index contributed by atoms with van der Waals surface area (Å²) < 4.78 is 0. The fourth-order valence-electron chi connectivity index (χ4n) is 3.11. The van der Waals surface area contributed by atoms with Crippen molar-refractivity contribution in [2.24, 2.45) is 11.3 Å². The zero-order chi connectivity index (χ0) is 12.5. The van der Waals surface area contributed by atoms with Crippen LogP contribution in [0, 0.1) is 18.3 Å². The van der Waals surface area contributed by atoms with E-state index in [4.69, 9.17) is 0 Å². The van der Waals surface area contributed by atoms with Crippen LogP contribution >= 0.6 is 0 Å². The third-order valence-electron chi connectivity index (χ3n) is 4.06. The summed E-state index contributed by atoms with van der Waals surface area (Å²) in [6.45, 7) is 9.33. The van der Waals surface area contributed by atoms with E-state index >= 15 is 0 Å². The number of nitrogens with one attached hydrogen (secondary N) is 1. The number of benzene rings is 1. The molecule has 1 aliphatic rings. The van der Waals surface area contributed by atoms with E-state index < -0.39 is 0 Å². The lowest BCUT2D eigenvalue weighted by Crippen LogP contribution is -2.36. The van der Waals surface area contributed by atoms with Crippen LogP contribution in [0.3, 0.4) is 0 Å². The number of hydrogen-bond donors (Lipinski definition) is 1. The maximum atomic E-state index is 3.71. The van der Waals surface area contributed by atoms with Gasteiger partial charge in [0.25, 0.3) is 0 Å². The minimum Gasteiger partial charge on any atom is -0.382 e. The molecule has 0 aliphatic heterocycles. The van der Waals surface area contributed by atoms with Gasteiger partial charge < -0.3 is 5.32 Å². The van der Waals surface area contributed by atoms with Gasteiger partial charge in [-0.3, -0.25) is 0 Å². The van der Waals surface area contributed by atoms with Gasteiger partial charge in [-0.15, -0.1) is 0 Å². The van der Waals surface area contributed by atoms with E-state index in [0.717, 1.165) is 5.92 Å². The third-order valence-corrected chi connectivity index (χ3v) is 4.06. The van der Waals surface area contributed by atoms with E-state index in [0.29, 0.717) is 11.5 Å². The standard InChI is InChI=1S/C16H25N/c1-12-6-5-7-14(10-12)17-15-8-9-16(3,4)11-13(15)2/h5-7,10,13,15,17H,8-9,11H2,1-4H3. The van der Waals surface area contributed by atoms with Gasteiger partial charge in [-0.2, -0.15) is 0 Å². The summed E-state index contributed by atoms with van der Waals surface area (Å²) in [5, 5.41) is 3.71. The molecule has 0 saturated heterocycles. The summed E-state index contributed by atoms with van der Waals surface area (Å²) in [6.07, 6.45) is 3.96. The Bertz CT molecular complexity index is 381. The molecule has 0 aromatic heterocycles. The fraction of sp³-hybridized carbons (Fsp3) is 0.625. The van der Waals surface area contributed by atoms with Gasteiger partial charge in [0.15, 0.2) is 0 Å². The van der Waals surface area contributed by atoms with Crippen molar-refractivity contribution in [2.75, 3.05) is 5.32 Å². The quantitative estimate of drug-likeness (QED) is 0.783. The molecule has 0 amide bonds. The molecular formula is C16H25N. The Morgan fingerprint density at radius 3 is 2.71 bits per heavy atom. The molecule has 1 saturated carbocycles. The van der Waals surface area contributed by atoms with E-state index in [1.807, 2.05) is 0 Å². The van der Waals surface area contributed by atoms with Gasteiger partial charge in [-0.25, -0.2) is 0 Å². The van der Waals surface area contributed by atoms with Crippen LogP contribution in [0.15, 0.2) is 24.3 Å². The Labute approximate surface area is 106 Å². The number of aryl methyl sites for hydroxylation is 1. The van der Waals surface area contributed by atoms with Crippen LogP contribution < -0.4 is 5.32 Å². The first-order chi connectivity index (χ1) is 7.96. The summed E-state index contributed by atoms with van der Waals surface area (Å²) in [7, 11) is 0. The average molecular weight is 231 g/mol. The van der Waals surface area contributed by atoms with Crippen molar-refractivity contribution in [3.63, 3.8) is 0 Å². The smallest absolute Gasteiger partial charge is 0.0345 e. The number of rotatable bonds is 2. The van der Waals surface area contributed by atoms with Crippen molar-refractivity contribution in [1.82, 2.24) is 0 Å². The highest BCUT2D eigenvalue weighted by Gasteiger charge is 2.32. The molecule has 0 bridgehead atoms. The Balaban J connectivity index is 2.00. The van der Waals surface area contributed by atoms with Crippen LogP contribution in [0.4, 0.5) is 5.69 Å². The normalized spacial score (nSPS) is 27.8. The highest BCUT2D eigenvalue weighted by Crippen LogP contribution is 2.39. The second-order valence-corrected chi connectivity index (χ2v) is 6.50. The summed E-state index contributed by atoms with van der Waals surface area (Å²) in [5.41, 5.74) is 3.14. The van der Waals surface area contributed by atoms with Crippen molar-refractivity contribution in [2.45, 2.75) is 53.0 Å². The molecular weight excluding hydrogens is 206 g/mol. The lowest BCUT2D eigenvalue weighted by molar-refractivity contribution is 0.177. The van der Waals surface area contributed by atoms with E-state index in [1.165, 1.54) is 30.5 Å². The Morgan fingerprint density at radius 2 is 2.06 bits per heavy atom. The van der Waals surface area contributed by atoms with Crippen molar-refractivity contribution < 1.29 is 0 Å². The van der Waals surface area contributed by atoms with Crippen molar-refractivity contribution in [1.29, 1.82) is 0 Å². The molecule has 1 fully saturated rings. The first-order valence-electron chi connectivity index (χ1n) is 6.79. The van der Waals surface area contributed by atoms with E-state index in [-0.39, 0.29) is 0 Å². The van der Waals surface area contributed by atoms with Crippen LogP contribution in [0.2, 0.25) is 0 Å². The van der Waals surface area contributed by atoms with E-state index in [2.05, 4.69) is 57.3 Å². The second kappa shape index (κ2) is 4.72. The maximum Gasteiger partial charge on any atom is 0.0345 e. The average Bonchev–Trinajstić information content (AvgIpc) is 2.22. The van der Waals surface area contributed by atoms with Crippen LogP contribution in [-0.4, -0.2) is 6.04 Å². The minimum atomic E-state index is 0.532. The highest BCUT2D eigenvalue weighted by molar-refractivity contribution is 5.46. The molecule has 0 spiro atoms. The molecule has 2 atom stereocenters. The summed E-state index contributed by atoms with van der Waals surface area (Å²) in [6, 6.07) is 9.35. The second-order valence-electron chi connectivity index (χ2n) is 6.50. The van der Waals surface area contributed by atoms with Gasteiger partial charge in [0.2, 0.25) is 0 Å². The lowest BCUT2D eigenvalue weighted by atomic mass is 9.70. The summed E-state index contributed by atoms with van der Waals surface area (Å²) in [4.78, 5) is 0. The zero-order valence-electron chi connectivity index (χ0n) is 11.6. The molecule has 2 rings (SSSR count). The monoisotopic (exact) mass is 231 g/mol. The maximum absolute atomic E-state index is 3.71. The third kappa shape index (κ3) is 3.24. The van der Waals surface area contributed by atoms with Crippen molar-refractivity contribution in [3.8, 4) is 0 Å². The van der Waals surface area contributed by atoms with Crippen molar-refractivity contribution in [3.05, 3.63) is 29.8 Å². The van der Waals surface area contributed by atoms with Gasteiger partial charge in [0.1, 0.15) is 0 Å². The first-order valence-corrected chi connectivity index (χ1v) is 6.79. The van der Waals surface area contributed by atoms with Crippen LogP contribution in [0.25, 0.3) is 0 Å². The largest absolute Gasteiger partial charge is 0.382 e. The predicted molar refractivity (Wildman–Crippen MR) is 75.4 cm³/mol. The molecule has 1 aromatic carbocycles. The molecule has 0 radical (unpaired) electrons. The van der Waals surface area contributed by atoms with Crippen molar-refractivity contribution >= 4 is 5.69 Å². The topological polar surface area (TPSA) is 12.0 Å². The number of anilines is 1. The summed E-state index contributed by atoms with van der Waals surface area (Å²) in [5.74, 6) is 0.763. The molecule has 1 aromatic rings. The molecule has 1 heteroatoms. The summed E-state index contributed by atoms with van der Waals surface area (Å²) >= 11 is 0. The number of hydrogen-bond acceptors (Lipinski definition) is 1. The van der Waals surface area contributed by atoms with Gasteiger partial charge in [0.05, 0.1) is 0 Å². The van der Waals surface area contributed by atoms with Crippen LogP contribution in [0.1, 0.15) is 45.6 Å². The van der Waals surface area contributed by atoms with Crippen LogP contribution in [-0.2, 0) is 0 Å². The zero-order valence-corrected chi connectivity index (χ0v) is 11.6. The van der Waals surface area contributed by atoms with Gasteiger partial charge in [-0.05, 0) is 55.2 Å². The molecule has 17 heavy (non-hydrogen) atoms. The Kier molecular flexibility index (Phi) is 3.46. The highest BCUT2D eigenvalue weighted by atomic mass is 14.9. The van der Waals surface area contributed by atoms with Crippen LogP contribution in [0.5, 0.6) is 0 Å². The predicted octanol–water partition coefficient (Wildman–Crippen LogP) is 4.62. The Morgan fingerprint density at radius 1 is 1.29 bits per heavy atom. The van der Waals surface area contributed by atoms with Gasteiger partial charge in [-0.1, -0.05) is 32.9 Å². The first kappa shape index (κ1) is 12.5. The van der Waals surface area contributed by atoms with Gasteiger partial charge in [0, 0.05) is 11.7 Å². The van der Waals surface area contributed by atoms with E-state index in [9.17, 15) is 0 Å². The van der Waals surface area contributed by atoms with Gasteiger partial charge >= 0.3 is 0 Å². The molecule has 0 heterocycles. The fourth-order valence-corrected chi connectivity index (χ4v) is 3.11. The minimum absolute atomic E-state index is 0.532. The van der Waals surface area contributed by atoms with E-state index in [1.54, 1.807) is 0 Å². The molecule has 2 unspecified atom stereocenters. The Hall–Kier alpha value is -0.980.